The number of nitrogens with zero attached hydrogens (tertiary/aromatic N) is 2. The quantitative estimate of drug-likeness (QED) is 0.854. The Bertz CT molecular complexity index is 385. The van der Waals surface area contributed by atoms with Gasteiger partial charge in [-0.25, -0.2) is 0 Å². The molecule has 1 aromatic heterocycles. The predicted molar refractivity (Wildman–Crippen MR) is 82.4 cm³/mol. The lowest BCUT2D eigenvalue weighted by atomic mass is 9.78. The summed E-state index contributed by atoms with van der Waals surface area (Å²) >= 11 is 0. The normalized spacial score (nSPS) is 14.1. The highest BCUT2D eigenvalue weighted by atomic mass is 15.3. The molecule has 0 radical (unpaired) electrons. The molecule has 0 aliphatic rings. The van der Waals surface area contributed by atoms with Crippen molar-refractivity contribution < 1.29 is 0 Å². The second kappa shape index (κ2) is 6.56. The van der Waals surface area contributed by atoms with Crippen LogP contribution in [0.15, 0.2) is 6.07 Å². The molecule has 0 saturated carbocycles. The summed E-state index contributed by atoms with van der Waals surface area (Å²) in [5, 5.41) is 8.14. The van der Waals surface area contributed by atoms with Crippen molar-refractivity contribution in [2.24, 2.45) is 11.3 Å². The van der Waals surface area contributed by atoms with Gasteiger partial charge in [0.25, 0.3) is 0 Å². The molecule has 0 fully saturated rings. The van der Waals surface area contributed by atoms with Crippen LogP contribution in [0.5, 0.6) is 0 Å². The Balaban J connectivity index is 2.81. The van der Waals surface area contributed by atoms with Gasteiger partial charge < -0.3 is 5.32 Å². The van der Waals surface area contributed by atoms with Crippen LogP contribution in [-0.4, -0.2) is 22.4 Å². The zero-order valence-corrected chi connectivity index (χ0v) is 13.7. The third kappa shape index (κ3) is 4.98. The van der Waals surface area contributed by atoms with E-state index < -0.39 is 0 Å². The Hall–Kier alpha value is -0.830. The fourth-order valence-electron chi connectivity index (χ4n) is 2.35. The molecule has 0 aliphatic carbocycles. The van der Waals surface area contributed by atoms with Crippen LogP contribution < -0.4 is 5.32 Å². The highest BCUT2D eigenvalue weighted by molar-refractivity contribution is 5.10. The van der Waals surface area contributed by atoms with Crippen molar-refractivity contribution in [3.05, 3.63) is 17.5 Å². The SMILES string of the molecule is CCn1nc(C)cc1CC(CNC(C)C)C(C)(C)C. The number of hydrogen-bond donors (Lipinski definition) is 1. The van der Waals surface area contributed by atoms with E-state index in [-0.39, 0.29) is 0 Å². The topological polar surface area (TPSA) is 29.9 Å². The third-order valence-corrected chi connectivity index (χ3v) is 3.74. The van der Waals surface area contributed by atoms with Crippen molar-refractivity contribution in [2.45, 2.75) is 67.5 Å². The molecule has 0 aromatic carbocycles. The Morgan fingerprint density at radius 3 is 2.42 bits per heavy atom. The van der Waals surface area contributed by atoms with E-state index in [2.05, 4.69) is 69.6 Å². The van der Waals surface area contributed by atoms with Gasteiger partial charge in [0.2, 0.25) is 0 Å². The molecule has 0 saturated heterocycles. The van der Waals surface area contributed by atoms with Gasteiger partial charge in [-0.05, 0) is 44.2 Å². The van der Waals surface area contributed by atoms with Crippen molar-refractivity contribution in [2.75, 3.05) is 6.54 Å². The average Bonchev–Trinajstić information content (AvgIpc) is 2.62. The van der Waals surface area contributed by atoms with Crippen LogP contribution in [0.25, 0.3) is 0 Å². The molecule has 1 unspecified atom stereocenters. The van der Waals surface area contributed by atoms with E-state index in [0.717, 1.165) is 25.2 Å². The zero-order valence-electron chi connectivity index (χ0n) is 13.7. The lowest BCUT2D eigenvalue weighted by Gasteiger charge is -2.32. The molecular weight excluding hydrogens is 234 g/mol. The van der Waals surface area contributed by atoms with E-state index >= 15 is 0 Å². The van der Waals surface area contributed by atoms with Crippen LogP contribution in [0.2, 0.25) is 0 Å². The summed E-state index contributed by atoms with van der Waals surface area (Å²) in [7, 11) is 0. The first-order chi connectivity index (χ1) is 8.74. The lowest BCUT2D eigenvalue weighted by Crippen LogP contribution is -2.36. The van der Waals surface area contributed by atoms with E-state index in [1.165, 1.54) is 5.69 Å². The van der Waals surface area contributed by atoms with Gasteiger partial charge in [-0.15, -0.1) is 0 Å². The molecule has 3 heteroatoms. The Labute approximate surface area is 118 Å². The van der Waals surface area contributed by atoms with Gasteiger partial charge in [0.15, 0.2) is 0 Å². The monoisotopic (exact) mass is 265 g/mol. The maximum atomic E-state index is 4.56. The van der Waals surface area contributed by atoms with Gasteiger partial charge >= 0.3 is 0 Å². The van der Waals surface area contributed by atoms with Crippen LogP contribution in [0.4, 0.5) is 0 Å². The number of aryl methyl sites for hydroxylation is 2. The highest BCUT2D eigenvalue weighted by Gasteiger charge is 2.26. The summed E-state index contributed by atoms with van der Waals surface area (Å²) in [5.41, 5.74) is 2.80. The van der Waals surface area contributed by atoms with E-state index in [9.17, 15) is 0 Å². The lowest BCUT2D eigenvalue weighted by molar-refractivity contribution is 0.223. The Kier molecular flexibility index (Phi) is 5.60. The first-order valence-corrected chi connectivity index (χ1v) is 7.50. The van der Waals surface area contributed by atoms with Gasteiger partial charge in [-0.2, -0.15) is 5.10 Å². The van der Waals surface area contributed by atoms with E-state index in [4.69, 9.17) is 0 Å². The van der Waals surface area contributed by atoms with Crippen LogP contribution in [0, 0.1) is 18.3 Å². The largest absolute Gasteiger partial charge is 0.314 e. The molecule has 0 bridgehead atoms. The Morgan fingerprint density at radius 2 is 1.95 bits per heavy atom. The Morgan fingerprint density at radius 1 is 1.32 bits per heavy atom. The zero-order chi connectivity index (χ0) is 14.6. The molecule has 110 valence electrons. The summed E-state index contributed by atoms with van der Waals surface area (Å²) in [4.78, 5) is 0. The van der Waals surface area contributed by atoms with E-state index in [1.54, 1.807) is 0 Å². The number of nitrogens with one attached hydrogen (secondary N) is 1. The minimum absolute atomic E-state index is 0.304. The molecule has 1 rings (SSSR count). The molecule has 1 N–H and O–H groups in total. The molecule has 3 nitrogen and oxygen atoms in total. The summed E-state index contributed by atoms with van der Waals surface area (Å²) in [6.45, 7) is 17.7. The second-order valence-corrected chi connectivity index (χ2v) is 6.92. The first kappa shape index (κ1) is 16.2. The van der Waals surface area contributed by atoms with Crippen LogP contribution in [0.1, 0.15) is 52.9 Å². The number of rotatable bonds is 6. The van der Waals surface area contributed by atoms with Gasteiger partial charge in [-0.1, -0.05) is 34.6 Å². The third-order valence-electron chi connectivity index (χ3n) is 3.74. The standard InChI is InChI=1S/C16H31N3/c1-8-19-15(9-13(4)18-19)10-14(16(5,6)7)11-17-12(2)3/h9,12,14,17H,8,10-11H2,1-7H3. The summed E-state index contributed by atoms with van der Waals surface area (Å²) < 4.78 is 2.14. The fourth-order valence-corrected chi connectivity index (χ4v) is 2.35. The number of aromatic nitrogens is 2. The maximum Gasteiger partial charge on any atom is 0.0596 e. The molecule has 0 spiro atoms. The van der Waals surface area contributed by atoms with Crippen molar-refractivity contribution in [1.29, 1.82) is 0 Å². The summed E-state index contributed by atoms with van der Waals surface area (Å²) in [6, 6.07) is 2.78. The highest BCUT2D eigenvalue weighted by Crippen LogP contribution is 2.29. The molecule has 0 amide bonds. The minimum atomic E-state index is 0.304. The molecule has 1 heterocycles. The average molecular weight is 265 g/mol. The van der Waals surface area contributed by atoms with Gasteiger partial charge in [0, 0.05) is 18.3 Å². The summed E-state index contributed by atoms with van der Waals surface area (Å²) in [6.07, 6.45) is 1.10. The second-order valence-electron chi connectivity index (χ2n) is 6.92. The maximum absolute atomic E-state index is 4.56. The predicted octanol–water partition coefficient (Wildman–Crippen LogP) is 3.41. The minimum Gasteiger partial charge on any atom is -0.314 e. The molecule has 0 aliphatic heterocycles. The first-order valence-electron chi connectivity index (χ1n) is 7.50. The molecule has 1 atom stereocenters. The van der Waals surface area contributed by atoms with E-state index in [1.807, 2.05) is 0 Å². The van der Waals surface area contributed by atoms with Crippen molar-refractivity contribution in [1.82, 2.24) is 15.1 Å². The van der Waals surface area contributed by atoms with Crippen LogP contribution >= 0.6 is 0 Å². The molecular formula is C16H31N3. The van der Waals surface area contributed by atoms with Gasteiger partial charge in [-0.3, -0.25) is 4.68 Å². The van der Waals surface area contributed by atoms with E-state index in [0.29, 0.717) is 17.4 Å². The van der Waals surface area contributed by atoms with Crippen molar-refractivity contribution in [3.63, 3.8) is 0 Å². The molecule has 19 heavy (non-hydrogen) atoms. The van der Waals surface area contributed by atoms with Crippen molar-refractivity contribution in [3.8, 4) is 0 Å². The smallest absolute Gasteiger partial charge is 0.0596 e. The van der Waals surface area contributed by atoms with Gasteiger partial charge in [0.05, 0.1) is 5.69 Å². The number of hydrogen-bond acceptors (Lipinski definition) is 2. The molecule has 1 aromatic rings. The van der Waals surface area contributed by atoms with Crippen molar-refractivity contribution >= 4 is 0 Å². The summed E-state index contributed by atoms with van der Waals surface area (Å²) in [5.74, 6) is 0.622. The van der Waals surface area contributed by atoms with Gasteiger partial charge in [0.1, 0.15) is 0 Å². The van der Waals surface area contributed by atoms with Crippen LogP contribution in [0.3, 0.4) is 0 Å². The van der Waals surface area contributed by atoms with Crippen LogP contribution in [-0.2, 0) is 13.0 Å². The fraction of sp³-hybridized carbons (Fsp3) is 0.812.